The van der Waals surface area contributed by atoms with Crippen molar-refractivity contribution in [2.75, 3.05) is 0 Å². The van der Waals surface area contributed by atoms with Crippen molar-refractivity contribution in [2.24, 2.45) is 5.92 Å². The van der Waals surface area contributed by atoms with Gasteiger partial charge in [0, 0.05) is 6.04 Å². The van der Waals surface area contributed by atoms with E-state index in [4.69, 9.17) is 6.42 Å². The molecule has 1 aliphatic rings. The lowest BCUT2D eigenvalue weighted by atomic mass is 9.85. The topological polar surface area (TPSA) is 12.0 Å². The van der Waals surface area contributed by atoms with Crippen LogP contribution in [0.1, 0.15) is 44.2 Å². The van der Waals surface area contributed by atoms with Gasteiger partial charge in [0.2, 0.25) is 0 Å². The lowest BCUT2D eigenvalue weighted by molar-refractivity contribution is 0.272. The number of rotatable bonds is 3. The summed E-state index contributed by atoms with van der Waals surface area (Å²) in [5.41, 5.74) is 1.20. The lowest BCUT2D eigenvalue weighted by Crippen LogP contribution is -2.39. The summed E-state index contributed by atoms with van der Waals surface area (Å²) in [5.74, 6) is 3.61. The highest BCUT2D eigenvalue weighted by Gasteiger charge is 2.23. The van der Waals surface area contributed by atoms with Crippen molar-refractivity contribution in [3.05, 3.63) is 35.9 Å². The van der Waals surface area contributed by atoms with Crippen LogP contribution in [-0.4, -0.2) is 6.04 Å². The SMILES string of the molecule is C#CC(NC1CCCCC1C)c1ccccc1. The second-order valence-corrected chi connectivity index (χ2v) is 5.05. The van der Waals surface area contributed by atoms with E-state index >= 15 is 0 Å². The minimum Gasteiger partial charge on any atom is -0.297 e. The molecule has 0 heterocycles. The van der Waals surface area contributed by atoms with Crippen molar-refractivity contribution in [3.63, 3.8) is 0 Å². The normalized spacial score (nSPS) is 26.1. The Hall–Kier alpha value is -1.26. The molecule has 1 aliphatic carbocycles. The van der Waals surface area contributed by atoms with Gasteiger partial charge in [0.05, 0.1) is 6.04 Å². The molecule has 0 radical (unpaired) electrons. The van der Waals surface area contributed by atoms with E-state index in [1.54, 1.807) is 0 Å². The molecule has 0 spiro atoms. The summed E-state index contributed by atoms with van der Waals surface area (Å²) in [6.07, 6.45) is 10.9. The summed E-state index contributed by atoms with van der Waals surface area (Å²) >= 11 is 0. The molecule has 0 aliphatic heterocycles. The molecule has 1 fully saturated rings. The highest BCUT2D eigenvalue weighted by atomic mass is 15.0. The van der Waals surface area contributed by atoms with Crippen molar-refractivity contribution < 1.29 is 0 Å². The number of hydrogen-bond donors (Lipinski definition) is 1. The fraction of sp³-hybridized carbons (Fsp3) is 0.500. The van der Waals surface area contributed by atoms with E-state index in [0.29, 0.717) is 6.04 Å². The van der Waals surface area contributed by atoms with Crippen LogP contribution in [0.15, 0.2) is 30.3 Å². The Labute approximate surface area is 105 Å². The molecule has 17 heavy (non-hydrogen) atoms. The third-order valence-electron chi connectivity index (χ3n) is 3.79. The molecule has 1 saturated carbocycles. The second-order valence-electron chi connectivity index (χ2n) is 5.05. The summed E-state index contributed by atoms with van der Waals surface area (Å²) in [4.78, 5) is 0. The van der Waals surface area contributed by atoms with Gasteiger partial charge in [0.15, 0.2) is 0 Å². The Kier molecular flexibility index (Phi) is 4.23. The fourth-order valence-corrected chi connectivity index (χ4v) is 2.66. The second kappa shape index (κ2) is 5.89. The minimum atomic E-state index is 0.0572. The van der Waals surface area contributed by atoms with Crippen LogP contribution in [0.25, 0.3) is 0 Å². The van der Waals surface area contributed by atoms with E-state index in [2.05, 4.69) is 30.3 Å². The Morgan fingerprint density at radius 2 is 1.94 bits per heavy atom. The monoisotopic (exact) mass is 227 g/mol. The standard InChI is InChI=1S/C16H21N/c1-3-15(14-10-5-4-6-11-14)17-16-12-8-7-9-13(16)2/h1,4-6,10-11,13,15-17H,7-9,12H2,2H3. The molecule has 3 unspecified atom stereocenters. The smallest absolute Gasteiger partial charge is 0.0945 e. The van der Waals surface area contributed by atoms with Gasteiger partial charge in [-0.15, -0.1) is 6.42 Å². The summed E-state index contributed by atoms with van der Waals surface area (Å²) in [6.45, 7) is 2.33. The first-order chi connectivity index (χ1) is 8.31. The van der Waals surface area contributed by atoms with Gasteiger partial charge in [-0.25, -0.2) is 0 Å². The molecule has 0 amide bonds. The Bertz CT molecular complexity index is 376. The predicted molar refractivity (Wildman–Crippen MR) is 72.6 cm³/mol. The van der Waals surface area contributed by atoms with Crippen LogP contribution in [-0.2, 0) is 0 Å². The van der Waals surface area contributed by atoms with Crippen molar-refractivity contribution in [1.82, 2.24) is 5.32 Å². The van der Waals surface area contributed by atoms with Gasteiger partial charge in [-0.3, -0.25) is 5.32 Å². The number of nitrogens with one attached hydrogen (secondary N) is 1. The van der Waals surface area contributed by atoms with E-state index in [9.17, 15) is 0 Å². The van der Waals surface area contributed by atoms with E-state index in [0.717, 1.165) is 5.92 Å². The van der Waals surface area contributed by atoms with Gasteiger partial charge >= 0.3 is 0 Å². The summed E-state index contributed by atoms with van der Waals surface area (Å²) in [6, 6.07) is 11.0. The molecule has 1 heteroatoms. The average Bonchev–Trinajstić information content (AvgIpc) is 2.39. The number of benzene rings is 1. The molecular weight excluding hydrogens is 206 g/mol. The van der Waals surface area contributed by atoms with Crippen LogP contribution in [0.2, 0.25) is 0 Å². The van der Waals surface area contributed by atoms with Gasteiger partial charge < -0.3 is 0 Å². The van der Waals surface area contributed by atoms with E-state index in [1.807, 2.05) is 18.2 Å². The van der Waals surface area contributed by atoms with E-state index in [1.165, 1.54) is 31.2 Å². The zero-order valence-electron chi connectivity index (χ0n) is 10.5. The molecular formula is C16H21N. The largest absolute Gasteiger partial charge is 0.297 e. The maximum absolute atomic E-state index is 5.65. The van der Waals surface area contributed by atoms with Gasteiger partial charge in [-0.05, 0) is 24.3 Å². The predicted octanol–water partition coefficient (Wildman–Crippen LogP) is 3.53. The first-order valence-corrected chi connectivity index (χ1v) is 6.58. The highest BCUT2D eigenvalue weighted by molar-refractivity contribution is 5.25. The summed E-state index contributed by atoms with van der Waals surface area (Å²) in [5, 5.41) is 3.64. The minimum absolute atomic E-state index is 0.0572. The summed E-state index contributed by atoms with van der Waals surface area (Å²) < 4.78 is 0. The van der Waals surface area contributed by atoms with Crippen molar-refractivity contribution in [2.45, 2.75) is 44.7 Å². The van der Waals surface area contributed by atoms with Gasteiger partial charge in [-0.2, -0.15) is 0 Å². The first kappa shape index (κ1) is 12.2. The van der Waals surface area contributed by atoms with E-state index < -0.39 is 0 Å². The Morgan fingerprint density at radius 1 is 1.24 bits per heavy atom. The van der Waals surface area contributed by atoms with Crippen LogP contribution in [0.4, 0.5) is 0 Å². The van der Waals surface area contributed by atoms with Crippen LogP contribution < -0.4 is 5.32 Å². The van der Waals surface area contributed by atoms with E-state index in [-0.39, 0.29) is 6.04 Å². The molecule has 0 aromatic heterocycles. The summed E-state index contributed by atoms with van der Waals surface area (Å²) in [7, 11) is 0. The van der Waals surface area contributed by atoms with Crippen molar-refractivity contribution in [3.8, 4) is 12.3 Å². The van der Waals surface area contributed by atoms with Gasteiger partial charge in [0.25, 0.3) is 0 Å². The molecule has 0 bridgehead atoms. The zero-order chi connectivity index (χ0) is 12.1. The Balaban J connectivity index is 2.03. The van der Waals surface area contributed by atoms with Crippen LogP contribution in [0.5, 0.6) is 0 Å². The van der Waals surface area contributed by atoms with Crippen molar-refractivity contribution >= 4 is 0 Å². The van der Waals surface area contributed by atoms with Crippen molar-refractivity contribution in [1.29, 1.82) is 0 Å². The zero-order valence-corrected chi connectivity index (χ0v) is 10.5. The lowest BCUT2D eigenvalue weighted by Gasteiger charge is -2.32. The third-order valence-corrected chi connectivity index (χ3v) is 3.79. The van der Waals surface area contributed by atoms with Gasteiger partial charge in [0.1, 0.15) is 0 Å². The molecule has 0 saturated heterocycles. The average molecular weight is 227 g/mol. The molecule has 90 valence electrons. The molecule has 3 atom stereocenters. The number of hydrogen-bond acceptors (Lipinski definition) is 1. The molecule has 1 nitrogen and oxygen atoms in total. The maximum atomic E-state index is 5.65. The van der Waals surface area contributed by atoms with Crippen LogP contribution >= 0.6 is 0 Å². The fourth-order valence-electron chi connectivity index (χ4n) is 2.66. The highest BCUT2D eigenvalue weighted by Crippen LogP contribution is 2.26. The third kappa shape index (κ3) is 3.11. The van der Waals surface area contributed by atoms with Crippen LogP contribution in [0, 0.1) is 18.3 Å². The molecule has 2 rings (SSSR count). The number of terminal acetylenes is 1. The maximum Gasteiger partial charge on any atom is 0.0945 e. The molecule has 1 N–H and O–H groups in total. The molecule has 1 aromatic rings. The Morgan fingerprint density at radius 3 is 2.59 bits per heavy atom. The first-order valence-electron chi connectivity index (χ1n) is 6.58. The van der Waals surface area contributed by atoms with Crippen LogP contribution in [0.3, 0.4) is 0 Å². The van der Waals surface area contributed by atoms with Gasteiger partial charge in [-0.1, -0.05) is 56.0 Å². The quantitative estimate of drug-likeness (QED) is 0.779. The molecule has 1 aromatic carbocycles.